The standard InChI is InChI=1S/C14H18N4O2S/c1-3-7-15-8-6-13-16-17-14(21-13)12-9-11(18(19)20)5-4-10(12)2/h4-5,9,15H,3,6-8H2,1-2H3. The summed E-state index contributed by atoms with van der Waals surface area (Å²) in [5, 5.41) is 24.2. The van der Waals surface area contributed by atoms with Gasteiger partial charge in [-0.15, -0.1) is 10.2 Å². The zero-order valence-electron chi connectivity index (χ0n) is 12.1. The highest BCUT2D eigenvalue weighted by Gasteiger charge is 2.14. The molecule has 2 aromatic rings. The molecule has 0 radical (unpaired) electrons. The molecule has 0 aliphatic rings. The van der Waals surface area contributed by atoms with E-state index in [1.54, 1.807) is 12.1 Å². The molecular weight excluding hydrogens is 288 g/mol. The lowest BCUT2D eigenvalue weighted by atomic mass is 10.1. The second-order valence-corrected chi connectivity index (χ2v) is 5.82. The maximum atomic E-state index is 10.9. The molecule has 0 aliphatic heterocycles. The molecule has 0 unspecified atom stereocenters. The van der Waals surface area contributed by atoms with Crippen molar-refractivity contribution in [2.24, 2.45) is 0 Å². The highest BCUT2D eigenvalue weighted by atomic mass is 32.1. The number of nitrogens with one attached hydrogen (secondary N) is 1. The van der Waals surface area contributed by atoms with Gasteiger partial charge in [-0.1, -0.05) is 24.3 Å². The molecule has 0 fully saturated rings. The minimum atomic E-state index is -0.389. The third kappa shape index (κ3) is 4.05. The van der Waals surface area contributed by atoms with Crippen molar-refractivity contribution >= 4 is 17.0 Å². The van der Waals surface area contributed by atoms with Crippen molar-refractivity contribution in [3.05, 3.63) is 38.9 Å². The van der Waals surface area contributed by atoms with Crippen molar-refractivity contribution in [3.8, 4) is 10.6 Å². The van der Waals surface area contributed by atoms with Gasteiger partial charge in [0.2, 0.25) is 0 Å². The Labute approximate surface area is 127 Å². The summed E-state index contributed by atoms with van der Waals surface area (Å²) in [6.45, 7) is 5.91. The lowest BCUT2D eigenvalue weighted by Crippen LogP contribution is -2.17. The monoisotopic (exact) mass is 306 g/mol. The molecule has 1 N–H and O–H groups in total. The summed E-state index contributed by atoms with van der Waals surface area (Å²) in [6, 6.07) is 4.82. The summed E-state index contributed by atoms with van der Waals surface area (Å²) in [5.74, 6) is 0. The largest absolute Gasteiger partial charge is 0.316 e. The van der Waals surface area contributed by atoms with E-state index in [4.69, 9.17) is 0 Å². The Hall–Kier alpha value is -1.86. The number of aryl methyl sites for hydroxylation is 1. The molecule has 0 atom stereocenters. The predicted molar refractivity (Wildman–Crippen MR) is 83.6 cm³/mol. The molecule has 0 spiro atoms. The molecule has 2 rings (SSSR count). The van der Waals surface area contributed by atoms with Crippen molar-refractivity contribution in [2.75, 3.05) is 13.1 Å². The number of rotatable bonds is 7. The summed E-state index contributed by atoms with van der Waals surface area (Å²) in [5.41, 5.74) is 1.83. The number of non-ortho nitro benzene ring substituents is 1. The Morgan fingerprint density at radius 3 is 2.86 bits per heavy atom. The minimum Gasteiger partial charge on any atom is -0.316 e. The molecular formula is C14H18N4O2S. The van der Waals surface area contributed by atoms with Gasteiger partial charge in [0.25, 0.3) is 5.69 Å². The fourth-order valence-corrected chi connectivity index (χ4v) is 2.84. The molecule has 6 nitrogen and oxygen atoms in total. The van der Waals surface area contributed by atoms with E-state index >= 15 is 0 Å². The number of nitrogens with zero attached hydrogens (tertiary/aromatic N) is 3. The van der Waals surface area contributed by atoms with E-state index in [0.29, 0.717) is 0 Å². The SMILES string of the molecule is CCCNCCc1nnc(-c2cc([N+](=O)[O-])ccc2C)s1. The molecule has 112 valence electrons. The van der Waals surface area contributed by atoms with Crippen molar-refractivity contribution in [3.63, 3.8) is 0 Å². The number of nitro groups is 1. The molecule has 21 heavy (non-hydrogen) atoms. The van der Waals surface area contributed by atoms with Gasteiger partial charge < -0.3 is 5.32 Å². The van der Waals surface area contributed by atoms with Crippen LogP contribution in [0.1, 0.15) is 23.9 Å². The zero-order chi connectivity index (χ0) is 15.2. The van der Waals surface area contributed by atoms with Gasteiger partial charge in [-0.3, -0.25) is 10.1 Å². The number of hydrogen-bond donors (Lipinski definition) is 1. The second-order valence-electron chi connectivity index (χ2n) is 4.76. The molecule has 1 aromatic heterocycles. The van der Waals surface area contributed by atoms with Crippen LogP contribution < -0.4 is 5.32 Å². The molecule has 0 amide bonds. The van der Waals surface area contributed by atoms with E-state index in [0.717, 1.165) is 47.1 Å². The van der Waals surface area contributed by atoms with Crippen LogP contribution in [0.2, 0.25) is 0 Å². The Morgan fingerprint density at radius 2 is 2.14 bits per heavy atom. The second kappa shape index (κ2) is 7.24. The van der Waals surface area contributed by atoms with E-state index < -0.39 is 0 Å². The highest BCUT2D eigenvalue weighted by molar-refractivity contribution is 7.14. The van der Waals surface area contributed by atoms with Gasteiger partial charge in [0, 0.05) is 30.7 Å². The van der Waals surface area contributed by atoms with Crippen LogP contribution in [0.15, 0.2) is 18.2 Å². The average Bonchev–Trinajstić information content (AvgIpc) is 2.92. The first-order valence-corrected chi connectivity index (χ1v) is 7.72. The van der Waals surface area contributed by atoms with Crippen LogP contribution in [-0.4, -0.2) is 28.2 Å². The molecule has 0 bridgehead atoms. The van der Waals surface area contributed by atoms with Gasteiger partial charge >= 0.3 is 0 Å². The molecule has 1 heterocycles. The van der Waals surface area contributed by atoms with Crippen molar-refractivity contribution in [2.45, 2.75) is 26.7 Å². The fourth-order valence-electron chi connectivity index (χ4n) is 1.91. The predicted octanol–water partition coefficient (Wildman–Crippen LogP) is 2.96. The van der Waals surface area contributed by atoms with Gasteiger partial charge in [-0.2, -0.15) is 0 Å². The summed E-state index contributed by atoms with van der Waals surface area (Å²) < 4.78 is 0. The molecule has 1 aromatic carbocycles. The Kier molecular flexibility index (Phi) is 5.35. The van der Waals surface area contributed by atoms with Gasteiger partial charge in [0.05, 0.1) is 4.92 Å². The summed E-state index contributed by atoms with van der Waals surface area (Å²) in [4.78, 5) is 10.5. The quantitative estimate of drug-likeness (QED) is 0.483. The first kappa shape index (κ1) is 15.5. The van der Waals surface area contributed by atoms with Crippen LogP contribution in [0.25, 0.3) is 10.6 Å². The van der Waals surface area contributed by atoms with E-state index in [-0.39, 0.29) is 10.6 Å². The fraction of sp³-hybridized carbons (Fsp3) is 0.429. The molecule has 0 aliphatic carbocycles. The smallest absolute Gasteiger partial charge is 0.270 e. The van der Waals surface area contributed by atoms with E-state index in [2.05, 4.69) is 22.4 Å². The number of nitro benzene ring substituents is 1. The maximum Gasteiger partial charge on any atom is 0.270 e. The normalized spacial score (nSPS) is 10.8. The number of hydrogen-bond acceptors (Lipinski definition) is 6. The summed E-state index contributed by atoms with van der Waals surface area (Å²) >= 11 is 1.49. The number of benzene rings is 1. The van der Waals surface area contributed by atoms with Gasteiger partial charge in [0.1, 0.15) is 10.0 Å². The van der Waals surface area contributed by atoms with Crippen LogP contribution in [0.5, 0.6) is 0 Å². The summed E-state index contributed by atoms with van der Waals surface area (Å²) in [7, 11) is 0. The third-order valence-corrected chi connectivity index (χ3v) is 4.09. The van der Waals surface area contributed by atoms with Crippen LogP contribution >= 0.6 is 11.3 Å². The minimum absolute atomic E-state index is 0.0805. The molecule has 0 saturated carbocycles. The summed E-state index contributed by atoms with van der Waals surface area (Å²) in [6.07, 6.45) is 1.93. The van der Waals surface area contributed by atoms with Crippen LogP contribution in [0.4, 0.5) is 5.69 Å². The van der Waals surface area contributed by atoms with Gasteiger partial charge in [0.15, 0.2) is 0 Å². The Morgan fingerprint density at radius 1 is 1.33 bits per heavy atom. The number of aromatic nitrogens is 2. The topological polar surface area (TPSA) is 81.0 Å². The van der Waals surface area contributed by atoms with E-state index in [1.165, 1.54) is 17.4 Å². The van der Waals surface area contributed by atoms with Crippen LogP contribution in [0, 0.1) is 17.0 Å². The van der Waals surface area contributed by atoms with Crippen molar-refractivity contribution in [1.29, 1.82) is 0 Å². The average molecular weight is 306 g/mol. The van der Waals surface area contributed by atoms with Crippen molar-refractivity contribution < 1.29 is 4.92 Å². The lowest BCUT2D eigenvalue weighted by Gasteiger charge is -2.01. The van der Waals surface area contributed by atoms with Crippen LogP contribution in [0.3, 0.4) is 0 Å². The van der Waals surface area contributed by atoms with Gasteiger partial charge in [-0.05, 0) is 25.5 Å². The van der Waals surface area contributed by atoms with Crippen LogP contribution in [-0.2, 0) is 6.42 Å². The van der Waals surface area contributed by atoms with Crippen molar-refractivity contribution in [1.82, 2.24) is 15.5 Å². The molecule has 7 heteroatoms. The first-order chi connectivity index (χ1) is 10.1. The van der Waals surface area contributed by atoms with E-state index in [9.17, 15) is 10.1 Å². The maximum absolute atomic E-state index is 10.9. The van der Waals surface area contributed by atoms with Gasteiger partial charge in [-0.25, -0.2) is 0 Å². The Balaban J connectivity index is 2.13. The first-order valence-electron chi connectivity index (χ1n) is 6.90. The Bertz CT molecular complexity index is 627. The lowest BCUT2D eigenvalue weighted by molar-refractivity contribution is -0.384. The van der Waals surface area contributed by atoms with E-state index in [1.807, 2.05) is 6.92 Å². The zero-order valence-corrected chi connectivity index (χ0v) is 12.9. The third-order valence-electron chi connectivity index (χ3n) is 3.07. The molecule has 0 saturated heterocycles. The highest BCUT2D eigenvalue weighted by Crippen LogP contribution is 2.29.